The number of hydrogen-bond donors (Lipinski definition) is 2. The molecule has 1 fully saturated rings. The Hall–Kier alpha value is -1.58. The Balaban J connectivity index is 2.00. The Kier molecular flexibility index (Phi) is 3.39. The number of pyridine rings is 1. The molecule has 0 amide bonds. The third kappa shape index (κ3) is 2.51. The quantitative estimate of drug-likeness (QED) is 0.600. The first-order chi connectivity index (χ1) is 7.77. The summed E-state index contributed by atoms with van der Waals surface area (Å²) < 4.78 is 5.70. The molecule has 4 nitrogen and oxygen atoms in total. The SMILES string of the molecule is N=C(N)c1ccncc1OCC1CCCC1. The second kappa shape index (κ2) is 4.96. The van der Waals surface area contributed by atoms with Crippen molar-refractivity contribution in [3.63, 3.8) is 0 Å². The van der Waals surface area contributed by atoms with Gasteiger partial charge in [-0.3, -0.25) is 10.4 Å². The fraction of sp³-hybridized carbons (Fsp3) is 0.500. The van der Waals surface area contributed by atoms with Crippen molar-refractivity contribution >= 4 is 5.84 Å². The molecule has 1 aromatic rings. The first-order valence-corrected chi connectivity index (χ1v) is 5.68. The standard InChI is InChI=1S/C12H17N3O/c13-12(14)10-5-6-15-7-11(10)16-8-9-3-1-2-4-9/h5-7,9H,1-4,8H2,(H3,13,14). The molecular formula is C12H17N3O. The molecule has 3 N–H and O–H groups in total. The topological polar surface area (TPSA) is 72.0 Å². The number of ether oxygens (including phenoxy) is 1. The van der Waals surface area contributed by atoms with Gasteiger partial charge in [0.25, 0.3) is 0 Å². The van der Waals surface area contributed by atoms with Gasteiger partial charge in [0.05, 0.1) is 18.4 Å². The van der Waals surface area contributed by atoms with E-state index in [1.54, 1.807) is 18.5 Å². The van der Waals surface area contributed by atoms with E-state index in [1.165, 1.54) is 25.7 Å². The molecule has 1 saturated carbocycles. The lowest BCUT2D eigenvalue weighted by molar-refractivity contribution is 0.251. The summed E-state index contributed by atoms with van der Waals surface area (Å²) in [6.45, 7) is 0.714. The van der Waals surface area contributed by atoms with Gasteiger partial charge in [-0.05, 0) is 24.8 Å². The average molecular weight is 219 g/mol. The Morgan fingerprint density at radius 2 is 2.25 bits per heavy atom. The second-order valence-corrected chi connectivity index (χ2v) is 4.25. The molecule has 0 atom stereocenters. The number of rotatable bonds is 4. The van der Waals surface area contributed by atoms with Crippen molar-refractivity contribution < 1.29 is 4.74 Å². The van der Waals surface area contributed by atoms with Gasteiger partial charge in [0, 0.05) is 6.20 Å². The van der Waals surface area contributed by atoms with Gasteiger partial charge in [0.15, 0.2) is 0 Å². The molecule has 0 spiro atoms. The van der Waals surface area contributed by atoms with Gasteiger partial charge in [-0.15, -0.1) is 0 Å². The molecule has 1 aliphatic rings. The van der Waals surface area contributed by atoms with Gasteiger partial charge in [0.2, 0.25) is 0 Å². The third-order valence-corrected chi connectivity index (χ3v) is 3.02. The van der Waals surface area contributed by atoms with E-state index < -0.39 is 0 Å². The zero-order valence-electron chi connectivity index (χ0n) is 9.28. The average Bonchev–Trinajstić information content (AvgIpc) is 2.79. The van der Waals surface area contributed by atoms with Crippen molar-refractivity contribution in [2.45, 2.75) is 25.7 Å². The maximum atomic E-state index is 7.43. The van der Waals surface area contributed by atoms with Crippen LogP contribution in [0.25, 0.3) is 0 Å². The Morgan fingerprint density at radius 3 is 2.94 bits per heavy atom. The summed E-state index contributed by atoms with van der Waals surface area (Å²) in [4.78, 5) is 4.00. The molecule has 0 unspecified atom stereocenters. The smallest absolute Gasteiger partial charge is 0.148 e. The van der Waals surface area contributed by atoms with Crippen molar-refractivity contribution in [3.8, 4) is 5.75 Å². The van der Waals surface area contributed by atoms with Gasteiger partial charge >= 0.3 is 0 Å². The third-order valence-electron chi connectivity index (χ3n) is 3.02. The molecule has 1 aromatic heterocycles. The van der Waals surface area contributed by atoms with Gasteiger partial charge in [0.1, 0.15) is 11.6 Å². The van der Waals surface area contributed by atoms with Crippen LogP contribution in [0, 0.1) is 11.3 Å². The van der Waals surface area contributed by atoms with E-state index in [1.807, 2.05) is 0 Å². The van der Waals surface area contributed by atoms with Crippen molar-refractivity contribution in [1.29, 1.82) is 5.41 Å². The fourth-order valence-corrected chi connectivity index (χ4v) is 2.10. The van der Waals surface area contributed by atoms with Gasteiger partial charge in [-0.2, -0.15) is 0 Å². The van der Waals surface area contributed by atoms with Crippen molar-refractivity contribution in [3.05, 3.63) is 24.0 Å². The molecule has 86 valence electrons. The number of nitrogens with zero attached hydrogens (tertiary/aromatic N) is 1. The number of amidine groups is 1. The molecule has 0 aliphatic heterocycles. The molecule has 16 heavy (non-hydrogen) atoms. The van der Waals surface area contributed by atoms with Crippen molar-refractivity contribution in [2.75, 3.05) is 6.61 Å². The summed E-state index contributed by atoms with van der Waals surface area (Å²) in [5.41, 5.74) is 6.11. The van der Waals surface area contributed by atoms with Crippen LogP contribution < -0.4 is 10.5 Å². The van der Waals surface area contributed by atoms with E-state index in [-0.39, 0.29) is 5.84 Å². The van der Waals surface area contributed by atoms with E-state index in [0.29, 0.717) is 23.8 Å². The highest BCUT2D eigenvalue weighted by atomic mass is 16.5. The Bertz CT molecular complexity index is 372. The van der Waals surface area contributed by atoms with Crippen LogP contribution in [0.1, 0.15) is 31.2 Å². The zero-order chi connectivity index (χ0) is 11.4. The lowest BCUT2D eigenvalue weighted by Crippen LogP contribution is -2.15. The van der Waals surface area contributed by atoms with Crippen molar-refractivity contribution in [1.82, 2.24) is 4.98 Å². The Labute approximate surface area is 95.3 Å². The molecule has 1 aliphatic carbocycles. The lowest BCUT2D eigenvalue weighted by Gasteiger charge is -2.13. The molecular weight excluding hydrogens is 202 g/mol. The Morgan fingerprint density at radius 1 is 1.50 bits per heavy atom. The van der Waals surface area contributed by atoms with E-state index >= 15 is 0 Å². The minimum atomic E-state index is 0.0313. The van der Waals surface area contributed by atoms with E-state index in [2.05, 4.69) is 4.98 Å². The summed E-state index contributed by atoms with van der Waals surface area (Å²) in [6, 6.07) is 1.71. The highest BCUT2D eigenvalue weighted by molar-refractivity contribution is 5.97. The fourth-order valence-electron chi connectivity index (χ4n) is 2.10. The molecule has 0 radical (unpaired) electrons. The van der Waals surface area contributed by atoms with E-state index in [4.69, 9.17) is 15.9 Å². The second-order valence-electron chi connectivity index (χ2n) is 4.25. The molecule has 2 rings (SSSR count). The summed E-state index contributed by atoms with van der Waals surface area (Å²) in [5, 5.41) is 7.43. The van der Waals surface area contributed by atoms with Crippen LogP contribution >= 0.6 is 0 Å². The van der Waals surface area contributed by atoms with E-state index in [0.717, 1.165) is 0 Å². The minimum absolute atomic E-state index is 0.0313. The predicted molar refractivity (Wildman–Crippen MR) is 62.7 cm³/mol. The van der Waals surface area contributed by atoms with Crippen LogP contribution in [0.2, 0.25) is 0 Å². The van der Waals surface area contributed by atoms with Crippen LogP contribution in [0.3, 0.4) is 0 Å². The van der Waals surface area contributed by atoms with Crippen LogP contribution in [-0.4, -0.2) is 17.4 Å². The lowest BCUT2D eigenvalue weighted by atomic mass is 10.1. The molecule has 1 heterocycles. The van der Waals surface area contributed by atoms with E-state index in [9.17, 15) is 0 Å². The minimum Gasteiger partial charge on any atom is -0.491 e. The van der Waals surface area contributed by atoms with Gasteiger partial charge in [-0.25, -0.2) is 0 Å². The highest BCUT2D eigenvalue weighted by Gasteiger charge is 2.16. The largest absolute Gasteiger partial charge is 0.491 e. The summed E-state index contributed by atoms with van der Waals surface area (Å²) in [7, 11) is 0. The number of hydrogen-bond acceptors (Lipinski definition) is 3. The van der Waals surface area contributed by atoms with Gasteiger partial charge < -0.3 is 10.5 Å². The molecule has 4 heteroatoms. The monoisotopic (exact) mass is 219 g/mol. The van der Waals surface area contributed by atoms with Crippen LogP contribution in [0.5, 0.6) is 5.75 Å². The molecule has 0 aromatic carbocycles. The number of nitrogens with two attached hydrogens (primary N) is 1. The maximum Gasteiger partial charge on any atom is 0.148 e. The maximum absolute atomic E-state index is 7.43. The van der Waals surface area contributed by atoms with Crippen LogP contribution in [-0.2, 0) is 0 Å². The van der Waals surface area contributed by atoms with Crippen LogP contribution in [0.4, 0.5) is 0 Å². The number of nitrogen functional groups attached to an aromatic ring is 1. The summed E-state index contributed by atoms with van der Waals surface area (Å²) in [5.74, 6) is 1.31. The van der Waals surface area contributed by atoms with Crippen molar-refractivity contribution in [2.24, 2.45) is 11.7 Å². The number of nitrogens with one attached hydrogen (secondary N) is 1. The number of aromatic nitrogens is 1. The summed E-state index contributed by atoms with van der Waals surface area (Å²) >= 11 is 0. The molecule has 0 bridgehead atoms. The normalized spacial score (nSPS) is 16.2. The summed E-state index contributed by atoms with van der Waals surface area (Å²) in [6.07, 6.45) is 8.36. The predicted octanol–water partition coefficient (Wildman–Crippen LogP) is 1.93. The van der Waals surface area contributed by atoms with Crippen LogP contribution in [0.15, 0.2) is 18.5 Å². The molecule has 0 saturated heterocycles. The van der Waals surface area contributed by atoms with Gasteiger partial charge in [-0.1, -0.05) is 12.8 Å². The zero-order valence-corrected chi connectivity index (χ0v) is 9.28. The first kappa shape index (κ1) is 10.9. The highest BCUT2D eigenvalue weighted by Crippen LogP contribution is 2.26. The first-order valence-electron chi connectivity index (χ1n) is 5.68.